The highest BCUT2D eigenvalue weighted by Crippen LogP contribution is 2.31. The van der Waals surface area contributed by atoms with E-state index >= 15 is 0 Å². The molecule has 0 bridgehead atoms. The molecule has 2 heterocycles. The Labute approximate surface area is 123 Å². The topological polar surface area (TPSA) is 61.6 Å². The van der Waals surface area contributed by atoms with E-state index in [1.165, 1.54) is 15.8 Å². The van der Waals surface area contributed by atoms with E-state index in [0.717, 1.165) is 22.9 Å². The van der Waals surface area contributed by atoms with Crippen LogP contribution in [0.4, 0.5) is 0 Å². The number of fused-ring (bicyclic) bond motifs is 1. The van der Waals surface area contributed by atoms with Gasteiger partial charge in [-0.2, -0.15) is 5.26 Å². The molecule has 0 aliphatic carbocycles. The van der Waals surface area contributed by atoms with Gasteiger partial charge in [-0.05, 0) is 40.2 Å². The van der Waals surface area contributed by atoms with Crippen molar-refractivity contribution in [2.75, 3.05) is 6.54 Å². The summed E-state index contributed by atoms with van der Waals surface area (Å²) in [5.41, 5.74) is 1.96. The molecular weight excluding hydrogens is 268 g/mol. The number of hydrogen-bond donors (Lipinski definition) is 1. The van der Waals surface area contributed by atoms with Gasteiger partial charge in [-0.15, -0.1) is 11.3 Å². The Morgan fingerprint density at radius 3 is 2.60 bits per heavy atom. The largest absolute Gasteiger partial charge is 0.310 e. The van der Waals surface area contributed by atoms with Crippen molar-refractivity contribution < 1.29 is 0 Å². The lowest BCUT2D eigenvalue weighted by atomic mass is 9.96. The van der Waals surface area contributed by atoms with Gasteiger partial charge in [0.15, 0.2) is 0 Å². The van der Waals surface area contributed by atoms with Crippen molar-refractivity contribution in [1.82, 2.24) is 15.3 Å². The lowest BCUT2D eigenvalue weighted by Crippen LogP contribution is -2.27. The average molecular weight is 288 g/mol. The van der Waals surface area contributed by atoms with Crippen molar-refractivity contribution in [2.45, 2.75) is 41.2 Å². The fourth-order valence-corrected chi connectivity index (χ4v) is 3.46. The van der Waals surface area contributed by atoms with E-state index in [2.05, 4.69) is 28.3 Å². The molecule has 0 aromatic carbocycles. The Morgan fingerprint density at radius 2 is 1.95 bits per heavy atom. The van der Waals surface area contributed by atoms with E-state index in [4.69, 9.17) is 5.26 Å². The smallest absolute Gasteiger partial charge is 0.127 e. The zero-order chi connectivity index (χ0) is 14.9. The molecule has 2 aromatic heterocycles. The number of thiophene rings is 1. The van der Waals surface area contributed by atoms with Gasteiger partial charge in [-0.25, -0.2) is 9.97 Å². The minimum absolute atomic E-state index is 0.336. The second kappa shape index (κ2) is 5.47. The predicted molar refractivity (Wildman–Crippen MR) is 82.7 cm³/mol. The van der Waals surface area contributed by atoms with Crippen LogP contribution in [0, 0.1) is 37.5 Å². The zero-order valence-corrected chi connectivity index (χ0v) is 13.5. The number of aromatic nitrogens is 2. The number of nitrogens with zero attached hydrogens (tertiary/aromatic N) is 3. The molecule has 0 aliphatic heterocycles. The fourth-order valence-electron chi connectivity index (χ4n) is 2.22. The van der Waals surface area contributed by atoms with E-state index in [0.29, 0.717) is 6.54 Å². The minimum atomic E-state index is -0.336. The summed E-state index contributed by atoms with van der Waals surface area (Å²) in [6.07, 6.45) is 0. The van der Waals surface area contributed by atoms with Crippen LogP contribution in [-0.4, -0.2) is 16.5 Å². The predicted octanol–water partition coefficient (Wildman–Crippen LogP) is 3.26. The fraction of sp³-hybridized carbons (Fsp3) is 0.533. The normalized spacial score (nSPS) is 11.8. The summed E-state index contributed by atoms with van der Waals surface area (Å²) in [7, 11) is 0. The molecule has 0 atom stereocenters. The van der Waals surface area contributed by atoms with Gasteiger partial charge in [0.1, 0.15) is 10.7 Å². The number of nitriles is 1. The molecule has 0 fully saturated rings. The van der Waals surface area contributed by atoms with E-state index in [1.54, 1.807) is 11.3 Å². The molecule has 2 aromatic rings. The average Bonchev–Trinajstić information content (AvgIpc) is 2.66. The van der Waals surface area contributed by atoms with Crippen molar-refractivity contribution in [2.24, 2.45) is 5.41 Å². The van der Waals surface area contributed by atoms with Gasteiger partial charge in [0.2, 0.25) is 0 Å². The Kier molecular flexibility index (Phi) is 4.07. The SMILES string of the molecule is Cc1nc(C)c2c(C)c(CNCC(C)(C)C#N)sc2n1. The first-order valence-corrected chi connectivity index (χ1v) is 7.51. The maximum absolute atomic E-state index is 9.02. The summed E-state index contributed by atoms with van der Waals surface area (Å²) in [5, 5.41) is 13.6. The summed E-state index contributed by atoms with van der Waals surface area (Å²) in [5.74, 6) is 0.821. The molecular formula is C15H20N4S. The van der Waals surface area contributed by atoms with Crippen LogP contribution in [0.5, 0.6) is 0 Å². The van der Waals surface area contributed by atoms with Crippen LogP contribution in [-0.2, 0) is 6.54 Å². The third-order valence-corrected chi connectivity index (χ3v) is 4.52. The van der Waals surface area contributed by atoms with E-state index in [9.17, 15) is 0 Å². The van der Waals surface area contributed by atoms with Crippen molar-refractivity contribution in [1.29, 1.82) is 5.26 Å². The number of rotatable bonds is 4. The molecule has 2 rings (SSSR count). The second-order valence-corrected chi connectivity index (χ2v) is 6.87. The van der Waals surface area contributed by atoms with Crippen LogP contribution < -0.4 is 5.32 Å². The van der Waals surface area contributed by atoms with Crippen LogP contribution in [0.25, 0.3) is 10.2 Å². The molecule has 0 unspecified atom stereocenters. The monoisotopic (exact) mass is 288 g/mol. The maximum atomic E-state index is 9.02. The zero-order valence-electron chi connectivity index (χ0n) is 12.7. The van der Waals surface area contributed by atoms with Crippen LogP contribution in [0.15, 0.2) is 0 Å². The standard InChI is InChI=1S/C15H20N4S/c1-9-12(6-17-8-15(4,5)7-16)20-14-13(9)10(2)18-11(3)19-14/h17H,6,8H2,1-5H3. The van der Waals surface area contributed by atoms with Crippen molar-refractivity contribution in [3.8, 4) is 6.07 Å². The first-order chi connectivity index (χ1) is 9.34. The van der Waals surface area contributed by atoms with E-state index < -0.39 is 0 Å². The van der Waals surface area contributed by atoms with Crippen LogP contribution in [0.3, 0.4) is 0 Å². The lowest BCUT2D eigenvalue weighted by Gasteiger charge is -2.15. The molecule has 20 heavy (non-hydrogen) atoms. The highest BCUT2D eigenvalue weighted by atomic mass is 32.1. The van der Waals surface area contributed by atoms with Crippen molar-refractivity contribution in [3.05, 3.63) is 22.0 Å². The molecule has 5 heteroatoms. The maximum Gasteiger partial charge on any atom is 0.127 e. The Bertz CT molecular complexity index is 679. The highest BCUT2D eigenvalue weighted by molar-refractivity contribution is 7.18. The number of nitrogens with one attached hydrogen (secondary N) is 1. The van der Waals surface area contributed by atoms with Gasteiger partial charge in [0.05, 0.1) is 11.5 Å². The van der Waals surface area contributed by atoms with Gasteiger partial charge >= 0.3 is 0 Å². The molecule has 1 N–H and O–H groups in total. The summed E-state index contributed by atoms with van der Waals surface area (Å²) < 4.78 is 0. The summed E-state index contributed by atoms with van der Waals surface area (Å²) in [4.78, 5) is 11.3. The first kappa shape index (κ1) is 14.9. The minimum Gasteiger partial charge on any atom is -0.310 e. The summed E-state index contributed by atoms with van der Waals surface area (Å²) >= 11 is 1.71. The first-order valence-electron chi connectivity index (χ1n) is 6.69. The lowest BCUT2D eigenvalue weighted by molar-refractivity contribution is 0.446. The summed E-state index contributed by atoms with van der Waals surface area (Å²) in [6, 6.07) is 2.30. The summed E-state index contributed by atoms with van der Waals surface area (Å²) in [6.45, 7) is 11.4. The highest BCUT2D eigenvalue weighted by Gasteiger charge is 2.17. The molecule has 0 amide bonds. The Hall–Kier alpha value is -1.51. The van der Waals surface area contributed by atoms with Crippen molar-refractivity contribution >= 4 is 21.6 Å². The van der Waals surface area contributed by atoms with Gasteiger partial charge in [-0.3, -0.25) is 0 Å². The Balaban J connectivity index is 2.22. The second-order valence-electron chi connectivity index (χ2n) is 5.79. The van der Waals surface area contributed by atoms with E-state index in [1.807, 2.05) is 27.7 Å². The molecule has 0 aliphatic rings. The molecule has 0 saturated heterocycles. The Morgan fingerprint density at radius 1 is 1.25 bits per heavy atom. The molecule has 106 valence electrons. The number of aryl methyl sites for hydroxylation is 3. The van der Waals surface area contributed by atoms with Gasteiger partial charge < -0.3 is 5.32 Å². The van der Waals surface area contributed by atoms with Crippen molar-refractivity contribution in [3.63, 3.8) is 0 Å². The van der Waals surface area contributed by atoms with Gasteiger partial charge in [-0.1, -0.05) is 0 Å². The van der Waals surface area contributed by atoms with Gasteiger partial charge in [0, 0.05) is 29.0 Å². The third-order valence-electron chi connectivity index (χ3n) is 3.34. The number of hydrogen-bond acceptors (Lipinski definition) is 5. The molecule has 0 spiro atoms. The van der Waals surface area contributed by atoms with E-state index in [-0.39, 0.29) is 5.41 Å². The third kappa shape index (κ3) is 2.97. The van der Waals surface area contributed by atoms with Crippen LogP contribution in [0.2, 0.25) is 0 Å². The molecule has 0 radical (unpaired) electrons. The van der Waals surface area contributed by atoms with Crippen LogP contribution >= 0.6 is 11.3 Å². The van der Waals surface area contributed by atoms with Crippen LogP contribution in [0.1, 0.15) is 35.8 Å². The molecule has 4 nitrogen and oxygen atoms in total. The molecule has 0 saturated carbocycles. The van der Waals surface area contributed by atoms with Gasteiger partial charge in [0.25, 0.3) is 0 Å². The quantitative estimate of drug-likeness (QED) is 0.938.